The molecule has 0 spiro atoms. The molecule has 2 N–H and O–H groups in total. The second kappa shape index (κ2) is 11.9. The predicted molar refractivity (Wildman–Crippen MR) is 117 cm³/mol. The molecule has 32 heavy (non-hydrogen) atoms. The number of aliphatic carboxylic acids is 1. The Morgan fingerprint density at radius 3 is 2.44 bits per heavy atom. The molecule has 1 heterocycles. The SMILES string of the molecule is CCOC(=O)[C@H](CCc1ccccc1)NC(C)C(=O)N1CCC(OC)(OC)C[C@H]1C(=O)O. The summed E-state index contributed by atoms with van der Waals surface area (Å²) in [5.41, 5.74) is 1.07. The van der Waals surface area contributed by atoms with E-state index in [-0.39, 0.29) is 19.6 Å². The molecule has 9 nitrogen and oxygen atoms in total. The molecule has 1 amide bonds. The summed E-state index contributed by atoms with van der Waals surface area (Å²) < 4.78 is 16.0. The lowest BCUT2D eigenvalue weighted by Crippen LogP contribution is -2.61. The number of carbonyl (C=O) groups is 3. The highest BCUT2D eigenvalue weighted by Gasteiger charge is 2.46. The Morgan fingerprint density at radius 2 is 1.88 bits per heavy atom. The molecule has 3 atom stereocenters. The number of carboxylic acids is 1. The van der Waals surface area contributed by atoms with E-state index in [0.29, 0.717) is 19.3 Å². The first kappa shape index (κ1) is 25.8. The first-order valence-corrected chi connectivity index (χ1v) is 10.9. The predicted octanol–water partition coefficient (Wildman–Crippen LogP) is 1.59. The quantitative estimate of drug-likeness (QED) is 0.386. The average Bonchev–Trinajstić information content (AvgIpc) is 2.81. The van der Waals surface area contributed by atoms with E-state index < -0.39 is 41.8 Å². The van der Waals surface area contributed by atoms with Crippen LogP contribution in [0.25, 0.3) is 0 Å². The van der Waals surface area contributed by atoms with Crippen LogP contribution in [0, 0.1) is 0 Å². The van der Waals surface area contributed by atoms with E-state index in [9.17, 15) is 19.5 Å². The van der Waals surface area contributed by atoms with Crippen LogP contribution in [-0.4, -0.2) is 79.1 Å². The Balaban J connectivity index is 2.09. The van der Waals surface area contributed by atoms with Gasteiger partial charge in [-0.15, -0.1) is 0 Å². The molecule has 1 aliphatic heterocycles. The van der Waals surface area contributed by atoms with Crippen molar-refractivity contribution in [2.24, 2.45) is 0 Å². The Bertz CT molecular complexity index is 767. The molecule has 1 aromatic carbocycles. The van der Waals surface area contributed by atoms with Gasteiger partial charge in [0, 0.05) is 33.6 Å². The average molecular weight is 451 g/mol. The van der Waals surface area contributed by atoms with Crippen LogP contribution in [0.15, 0.2) is 30.3 Å². The fourth-order valence-corrected chi connectivity index (χ4v) is 3.98. The molecule has 1 unspecified atom stereocenters. The second-order valence-corrected chi connectivity index (χ2v) is 7.88. The largest absolute Gasteiger partial charge is 0.480 e. The van der Waals surface area contributed by atoms with E-state index >= 15 is 0 Å². The number of piperidine rings is 1. The summed E-state index contributed by atoms with van der Waals surface area (Å²) >= 11 is 0. The fourth-order valence-electron chi connectivity index (χ4n) is 3.98. The number of nitrogens with one attached hydrogen (secondary N) is 1. The molecule has 9 heteroatoms. The van der Waals surface area contributed by atoms with E-state index in [1.807, 2.05) is 30.3 Å². The van der Waals surface area contributed by atoms with Crippen molar-refractivity contribution in [2.45, 2.75) is 63.4 Å². The van der Waals surface area contributed by atoms with Crippen LogP contribution in [0.3, 0.4) is 0 Å². The van der Waals surface area contributed by atoms with Crippen LogP contribution in [0.4, 0.5) is 0 Å². The first-order valence-electron chi connectivity index (χ1n) is 10.9. The van der Waals surface area contributed by atoms with Crippen molar-refractivity contribution in [3.8, 4) is 0 Å². The zero-order chi connectivity index (χ0) is 23.7. The molecular weight excluding hydrogens is 416 g/mol. The summed E-state index contributed by atoms with van der Waals surface area (Å²) in [7, 11) is 2.92. The summed E-state index contributed by atoms with van der Waals surface area (Å²) in [5.74, 6) is -3.00. The minimum atomic E-state index is -1.13. The fraction of sp³-hybridized carbons (Fsp3) is 0.609. The number of carbonyl (C=O) groups excluding carboxylic acids is 2. The lowest BCUT2D eigenvalue weighted by Gasteiger charge is -2.44. The third-order valence-electron chi connectivity index (χ3n) is 5.88. The van der Waals surface area contributed by atoms with Crippen molar-refractivity contribution in [2.75, 3.05) is 27.4 Å². The minimum Gasteiger partial charge on any atom is -0.480 e. The molecular formula is C23H34N2O7. The van der Waals surface area contributed by atoms with E-state index in [1.54, 1.807) is 13.8 Å². The van der Waals surface area contributed by atoms with E-state index in [2.05, 4.69) is 5.32 Å². The number of ether oxygens (including phenoxy) is 3. The van der Waals surface area contributed by atoms with Crippen molar-refractivity contribution in [1.82, 2.24) is 10.2 Å². The van der Waals surface area contributed by atoms with Gasteiger partial charge in [0.2, 0.25) is 5.91 Å². The van der Waals surface area contributed by atoms with Crippen LogP contribution in [-0.2, 0) is 35.0 Å². The number of methoxy groups -OCH3 is 2. The number of amides is 1. The summed E-state index contributed by atoms with van der Waals surface area (Å²) in [6, 6.07) is 7.15. The number of carboxylic acid groups (broad SMARTS) is 1. The van der Waals surface area contributed by atoms with Gasteiger partial charge >= 0.3 is 11.9 Å². The van der Waals surface area contributed by atoms with E-state index in [4.69, 9.17) is 14.2 Å². The number of likely N-dealkylation sites (tertiary alicyclic amines) is 1. The Morgan fingerprint density at radius 1 is 1.22 bits per heavy atom. The molecule has 1 aliphatic rings. The minimum absolute atomic E-state index is 0.0170. The van der Waals surface area contributed by atoms with E-state index in [1.165, 1.54) is 19.1 Å². The van der Waals surface area contributed by atoms with Gasteiger partial charge in [-0.25, -0.2) is 4.79 Å². The summed E-state index contributed by atoms with van der Waals surface area (Å²) in [6.45, 7) is 3.75. The lowest BCUT2D eigenvalue weighted by molar-refractivity contribution is -0.239. The number of hydrogen-bond acceptors (Lipinski definition) is 7. The number of rotatable bonds is 11. The molecule has 0 bridgehead atoms. The third kappa shape index (κ3) is 6.51. The van der Waals surface area contributed by atoms with Crippen molar-refractivity contribution in [1.29, 1.82) is 0 Å². The van der Waals surface area contributed by atoms with Gasteiger partial charge in [-0.3, -0.25) is 14.9 Å². The van der Waals surface area contributed by atoms with Crippen LogP contribution >= 0.6 is 0 Å². The van der Waals surface area contributed by atoms with Gasteiger partial charge in [0.25, 0.3) is 0 Å². The van der Waals surface area contributed by atoms with Crippen molar-refractivity contribution in [3.05, 3.63) is 35.9 Å². The van der Waals surface area contributed by atoms with Crippen molar-refractivity contribution in [3.63, 3.8) is 0 Å². The smallest absolute Gasteiger partial charge is 0.326 e. The zero-order valence-electron chi connectivity index (χ0n) is 19.2. The van der Waals surface area contributed by atoms with Crippen LogP contribution in [0.2, 0.25) is 0 Å². The van der Waals surface area contributed by atoms with Gasteiger partial charge < -0.3 is 24.2 Å². The number of hydrogen-bond donors (Lipinski definition) is 2. The Labute approximate surface area is 189 Å². The molecule has 2 rings (SSSR count). The van der Waals surface area contributed by atoms with Crippen LogP contribution in [0.1, 0.15) is 38.7 Å². The van der Waals surface area contributed by atoms with Gasteiger partial charge in [0.05, 0.1) is 12.6 Å². The molecule has 0 radical (unpaired) electrons. The highest BCUT2D eigenvalue weighted by Crippen LogP contribution is 2.31. The number of aryl methyl sites for hydroxylation is 1. The van der Waals surface area contributed by atoms with Gasteiger partial charge in [-0.05, 0) is 32.3 Å². The second-order valence-electron chi connectivity index (χ2n) is 7.88. The highest BCUT2D eigenvalue weighted by molar-refractivity contribution is 5.88. The highest BCUT2D eigenvalue weighted by atomic mass is 16.7. The molecule has 178 valence electrons. The molecule has 0 aliphatic carbocycles. The summed E-state index contributed by atoms with van der Waals surface area (Å²) in [4.78, 5) is 38.9. The number of benzene rings is 1. The summed E-state index contributed by atoms with van der Waals surface area (Å²) in [6.07, 6.45) is 1.43. The molecule has 0 saturated carbocycles. The van der Waals surface area contributed by atoms with Crippen LogP contribution < -0.4 is 5.32 Å². The normalized spacial score (nSPS) is 19.8. The van der Waals surface area contributed by atoms with Gasteiger partial charge in [0.15, 0.2) is 5.79 Å². The maximum atomic E-state index is 13.2. The third-order valence-corrected chi connectivity index (χ3v) is 5.88. The standard InChI is InChI=1S/C23H34N2O7/c1-5-32-22(29)18(12-11-17-9-7-6-8-10-17)24-16(2)20(26)25-14-13-23(30-3,31-4)15-19(25)21(27)28/h6-10,16,18-19,24H,5,11-15H2,1-4H3,(H,27,28)/t16?,18-,19-/m0/s1. The molecule has 0 aromatic heterocycles. The monoisotopic (exact) mass is 450 g/mol. The number of nitrogens with zero attached hydrogens (tertiary/aromatic N) is 1. The van der Waals surface area contributed by atoms with Crippen molar-refractivity contribution >= 4 is 17.8 Å². The van der Waals surface area contributed by atoms with Gasteiger partial charge in [0.1, 0.15) is 12.1 Å². The zero-order valence-corrected chi connectivity index (χ0v) is 19.2. The van der Waals surface area contributed by atoms with Crippen molar-refractivity contribution < 1.29 is 33.7 Å². The Hall–Kier alpha value is -2.49. The lowest BCUT2D eigenvalue weighted by atomic mass is 9.94. The maximum Gasteiger partial charge on any atom is 0.326 e. The Kier molecular flexibility index (Phi) is 9.61. The topological polar surface area (TPSA) is 114 Å². The van der Waals surface area contributed by atoms with Gasteiger partial charge in [-0.1, -0.05) is 30.3 Å². The number of esters is 1. The van der Waals surface area contributed by atoms with Crippen LogP contribution in [0.5, 0.6) is 0 Å². The van der Waals surface area contributed by atoms with E-state index in [0.717, 1.165) is 5.56 Å². The maximum absolute atomic E-state index is 13.2. The van der Waals surface area contributed by atoms with Gasteiger partial charge in [-0.2, -0.15) is 0 Å². The first-order chi connectivity index (χ1) is 15.3. The molecule has 1 saturated heterocycles. The molecule has 1 fully saturated rings. The molecule has 1 aromatic rings. The summed E-state index contributed by atoms with van der Waals surface area (Å²) in [5, 5.41) is 12.8.